The molecule has 8 heteroatoms. The third-order valence-corrected chi connectivity index (χ3v) is 5.95. The number of carbonyl (C=O) groups excluding carboxylic acids is 2. The van der Waals surface area contributed by atoms with E-state index in [1.807, 2.05) is 36.2 Å². The predicted octanol–water partition coefficient (Wildman–Crippen LogP) is 4.81. The normalized spacial score (nSPS) is 14.2. The van der Waals surface area contributed by atoms with Crippen LogP contribution in [0.1, 0.15) is 52.6 Å². The van der Waals surface area contributed by atoms with Crippen molar-refractivity contribution in [1.29, 1.82) is 0 Å². The van der Waals surface area contributed by atoms with Gasteiger partial charge in [-0.15, -0.1) is 0 Å². The zero-order valence-electron chi connectivity index (χ0n) is 18.8. The van der Waals surface area contributed by atoms with Crippen LogP contribution in [-0.2, 0) is 4.74 Å². The summed E-state index contributed by atoms with van der Waals surface area (Å²) < 4.78 is 6.81. The minimum atomic E-state index is -0.375. The number of nitrogens with one attached hydrogen (secondary N) is 1. The largest absolute Gasteiger partial charge is 0.462 e. The Morgan fingerprint density at radius 1 is 1.03 bits per heavy atom. The van der Waals surface area contributed by atoms with Crippen molar-refractivity contribution in [3.8, 4) is 16.9 Å². The van der Waals surface area contributed by atoms with Crippen molar-refractivity contribution in [3.05, 3.63) is 70.4 Å². The molecule has 0 radical (unpaired) electrons. The Bertz CT molecular complexity index is 1130. The Labute approximate surface area is 198 Å². The van der Waals surface area contributed by atoms with Crippen molar-refractivity contribution >= 4 is 23.5 Å². The smallest absolute Gasteiger partial charge is 0.338 e. The maximum atomic E-state index is 13.1. The quantitative estimate of drug-likeness (QED) is 0.527. The topological polar surface area (TPSA) is 76.5 Å². The van der Waals surface area contributed by atoms with Crippen LogP contribution in [0.3, 0.4) is 0 Å². The van der Waals surface area contributed by atoms with Crippen molar-refractivity contribution in [2.75, 3.05) is 19.7 Å². The summed E-state index contributed by atoms with van der Waals surface area (Å²) in [7, 11) is 0. The fourth-order valence-electron chi connectivity index (χ4n) is 4.00. The number of amides is 1. The van der Waals surface area contributed by atoms with Gasteiger partial charge in [0, 0.05) is 29.2 Å². The van der Waals surface area contributed by atoms with Gasteiger partial charge in [0.05, 0.1) is 23.6 Å². The van der Waals surface area contributed by atoms with Gasteiger partial charge in [0.15, 0.2) is 5.69 Å². The molecule has 4 rings (SSSR count). The third kappa shape index (κ3) is 5.10. The first-order valence-corrected chi connectivity index (χ1v) is 11.5. The molecule has 0 atom stereocenters. The summed E-state index contributed by atoms with van der Waals surface area (Å²) in [5.74, 6) is -0.605. The van der Waals surface area contributed by atoms with Crippen LogP contribution in [0.2, 0.25) is 5.02 Å². The van der Waals surface area contributed by atoms with Gasteiger partial charge < -0.3 is 4.74 Å². The molecule has 2 aromatic carbocycles. The molecule has 1 aromatic heterocycles. The van der Waals surface area contributed by atoms with Crippen molar-refractivity contribution in [2.45, 2.75) is 33.1 Å². The van der Waals surface area contributed by atoms with E-state index in [9.17, 15) is 9.59 Å². The molecule has 3 aromatic rings. The summed E-state index contributed by atoms with van der Waals surface area (Å²) in [5, 5.41) is 7.27. The van der Waals surface area contributed by atoms with Crippen LogP contribution in [0, 0.1) is 6.92 Å². The lowest BCUT2D eigenvalue weighted by Crippen LogP contribution is -2.45. The van der Waals surface area contributed by atoms with Gasteiger partial charge in [0.25, 0.3) is 5.91 Å². The van der Waals surface area contributed by atoms with Gasteiger partial charge in [-0.2, -0.15) is 5.10 Å². The summed E-state index contributed by atoms with van der Waals surface area (Å²) in [6, 6.07) is 14.4. The van der Waals surface area contributed by atoms with Gasteiger partial charge in [0.1, 0.15) is 0 Å². The van der Waals surface area contributed by atoms with Crippen molar-refractivity contribution in [1.82, 2.24) is 20.2 Å². The maximum absolute atomic E-state index is 13.1. The van der Waals surface area contributed by atoms with Gasteiger partial charge in [-0.05, 0) is 63.1 Å². The van der Waals surface area contributed by atoms with Crippen LogP contribution in [0.15, 0.2) is 48.5 Å². The van der Waals surface area contributed by atoms with Gasteiger partial charge in [-0.25, -0.2) is 14.5 Å². The average molecular weight is 467 g/mol. The van der Waals surface area contributed by atoms with E-state index < -0.39 is 0 Å². The number of ether oxygens (including phenoxy) is 1. The first kappa shape index (κ1) is 23.0. The SMILES string of the molecule is CCOC(=O)c1ccc(-n2nc(C(=O)NN3CCCCC3)c(C)c2-c2ccc(Cl)cc2)cc1. The predicted molar refractivity (Wildman–Crippen MR) is 128 cm³/mol. The molecule has 0 bridgehead atoms. The zero-order valence-corrected chi connectivity index (χ0v) is 19.6. The second kappa shape index (κ2) is 10.2. The fourth-order valence-corrected chi connectivity index (χ4v) is 4.13. The van der Waals surface area contributed by atoms with E-state index in [1.54, 1.807) is 35.9 Å². The molecule has 172 valence electrons. The number of halogens is 1. The van der Waals surface area contributed by atoms with Crippen LogP contribution in [0.25, 0.3) is 16.9 Å². The highest BCUT2D eigenvalue weighted by Crippen LogP contribution is 2.30. The highest BCUT2D eigenvalue weighted by atomic mass is 35.5. The number of nitrogens with zero attached hydrogens (tertiary/aromatic N) is 3. The molecule has 1 saturated heterocycles. The number of hydrazine groups is 1. The fraction of sp³-hybridized carbons (Fsp3) is 0.320. The first-order chi connectivity index (χ1) is 16.0. The molecule has 7 nitrogen and oxygen atoms in total. The van der Waals surface area contributed by atoms with Crippen molar-refractivity contribution in [3.63, 3.8) is 0 Å². The molecule has 0 spiro atoms. The molecule has 1 fully saturated rings. The summed E-state index contributed by atoms with van der Waals surface area (Å²) in [5.41, 5.74) is 6.99. The van der Waals surface area contributed by atoms with Gasteiger partial charge in [0.2, 0.25) is 0 Å². The number of rotatable bonds is 6. The van der Waals surface area contributed by atoms with Crippen LogP contribution >= 0.6 is 11.6 Å². The monoisotopic (exact) mass is 466 g/mol. The van der Waals surface area contributed by atoms with Gasteiger partial charge >= 0.3 is 5.97 Å². The van der Waals surface area contributed by atoms with E-state index in [-0.39, 0.29) is 11.9 Å². The lowest BCUT2D eigenvalue weighted by atomic mass is 10.1. The summed E-state index contributed by atoms with van der Waals surface area (Å²) >= 11 is 6.10. The molecular formula is C25H27ClN4O3. The van der Waals surface area contributed by atoms with E-state index in [0.717, 1.165) is 48.4 Å². The first-order valence-electron chi connectivity index (χ1n) is 11.2. The second-order valence-corrected chi connectivity index (χ2v) is 8.43. The minimum Gasteiger partial charge on any atom is -0.462 e. The Kier molecular flexibility index (Phi) is 7.11. The lowest BCUT2D eigenvalue weighted by Gasteiger charge is -2.26. The lowest BCUT2D eigenvalue weighted by molar-refractivity contribution is 0.0526. The van der Waals surface area contributed by atoms with Gasteiger partial charge in [-0.1, -0.05) is 30.2 Å². The Hall–Kier alpha value is -3.16. The maximum Gasteiger partial charge on any atom is 0.338 e. The van der Waals surface area contributed by atoms with E-state index in [0.29, 0.717) is 22.9 Å². The van der Waals surface area contributed by atoms with Crippen LogP contribution in [0.4, 0.5) is 0 Å². The number of benzene rings is 2. The van der Waals surface area contributed by atoms with E-state index in [2.05, 4.69) is 10.5 Å². The number of esters is 1. The summed E-state index contributed by atoms with van der Waals surface area (Å²) in [4.78, 5) is 25.2. The number of aromatic nitrogens is 2. The molecule has 33 heavy (non-hydrogen) atoms. The molecule has 1 amide bonds. The Morgan fingerprint density at radius 2 is 1.70 bits per heavy atom. The van der Waals surface area contributed by atoms with Crippen LogP contribution in [-0.4, -0.2) is 46.4 Å². The molecule has 1 aliphatic heterocycles. The van der Waals surface area contributed by atoms with Crippen LogP contribution in [0.5, 0.6) is 0 Å². The summed E-state index contributed by atoms with van der Waals surface area (Å²) in [6.07, 6.45) is 3.32. The molecule has 1 N–H and O–H groups in total. The summed E-state index contributed by atoms with van der Waals surface area (Å²) in [6.45, 7) is 5.66. The van der Waals surface area contributed by atoms with Crippen molar-refractivity contribution < 1.29 is 14.3 Å². The zero-order chi connectivity index (χ0) is 23.4. The molecule has 0 aliphatic carbocycles. The average Bonchev–Trinajstić information content (AvgIpc) is 3.18. The molecule has 0 unspecified atom stereocenters. The molecule has 2 heterocycles. The number of piperidine rings is 1. The molecule has 1 aliphatic rings. The second-order valence-electron chi connectivity index (χ2n) is 8.00. The molecule has 0 saturated carbocycles. The van der Waals surface area contributed by atoms with E-state index in [4.69, 9.17) is 16.3 Å². The number of carbonyl (C=O) groups is 2. The minimum absolute atomic E-state index is 0.230. The Morgan fingerprint density at radius 3 is 2.33 bits per heavy atom. The third-order valence-electron chi connectivity index (χ3n) is 5.69. The van der Waals surface area contributed by atoms with E-state index >= 15 is 0 Å². The number of hydrogen-bond acceptors (Lipinski definition) is 5. The van der Waals surface area contributed by atoms with Crippen molar-refractivity contribution in [2.24, 2.45) is 0 Å². The highest BCUT2D eigenvalue weighted by Gasteiger charge is 2.24. The van der Waals surface area contributed by atoms with E-state index in [1.165, 1.54) is 6.42 Å². The van der Waals surface area contributed by atoms with Crippen LogP contribution < -0.4 is 5.43 Å². The Balaban J connectivity index is 1.73. The highest BCUT2D eigenvalue weighted by molar-refractivity contribution is 6.30. The standard InChI is InChI=1S/C25H27ClN4O3/c1-3-33-25(32)19-9-13-21(14-10-19)30-23(18-7-11-20(26)12-8-18)17(2)22(27-30)24(31)28-29-15-5-4-6-16-29/h7-14H,3-6,15-16H2,1-2H3,(H,28,31). The van der Waals surface area contributed by atoms with Gasteiger partial charge in [-0.3, -0.25) is 10.2 Å². The number of hydrogen-bond donors (Lipinski definition) is 1. The molecular weight excluding hydrogens is 440 g/mol.